The van der Waals surface area contributed by atoms with Crippen LogP contribution in [0, 0.1) is 6.92 Å². The van der Waals surface area contributed by atoms with Gasteiger partial charge in [-0.2, -0.15) is 4.98 Å². The van der Waals surface area contributed by atoms with Crippen LogP contribution in [-0.4, -0.2) is 54.2 Å². The van der Waals surface area contributed by atoms with E-state index in [-0.39, 0.29) is 5.91 Å². The van der Waals surface area contributed by atoms with Gasteiger partial charge in [0.1, 0.15) is 0 Å². The number of nitrogens with zero attached hydrogens (tertiary/aromatic N) is 3. The predicted molar refractivity (Wildman–Crippen MR) is 90.6 cm³/mol. The van der Waals surface area contributed by atoms with E-state index >= 15 is 0 Å². The minimum absolute atomic E-state index is 0.237. The zero-order valence-electron chi connectivity index (χ0n) is 14.4. The standard InChI is InChI=1S/C18H24N4O2/c1-14-5-3-6-15(13-14)18-19-16(24-20-18)7-4-8-17(23)22-11-9-21(2)10-12-22/h3,5-6,13H,4,7-12H2,1-2H3/p+1. The zero-order chi connectivity index (χ0) is 16.9. The highest BCUT2D eigenvalue weighted by molar-refractivity contribution is 5.76. The fourth-order valence-electron chi connectivity index (χ4n) is 2.94. The largest absolute Gasteiger partial charge is 0.339 e. The summed E-state index contributed by atoms with van der Waals surface area (Å²) in [4.78, 5) is 20.1. The molecule has 6 heteroatoms. The fraction of sp³-hybridized carbons (Fsp3) is 0.500. The van der Waals surface area contributed by atoms with Gasteiger partial charge in [0.15, 0.2) is 0 Å². The number of carbonyl (C=O) groups excluding carboxylic acids is 1. The van der Waals surface area contributed by atoms with Gasteiger partial charge in [-0.25, -0.2) is 0 Å². The number of rotatable bonds is 5. The summed E-state index contributed by atoms with van der Waals surface area (Å²) in [6.45, 7) is 5.84. The topological polar surface area (TPSA) is 63.7 Å². The number of hydrogen-bond donors (Lipinski definition) is 1. The maximum Gasteiger partial charge on any atom is 0.226 e. The molecule has 1 amide bonds. The van der Waals surface area contributed by atoms with Crippen molar-refractivity contribution in [2.45, 2.75) is 26.2 Å². The Kier molecular flexibility index (Phi) is 5.25. The molecule has 0 unspecified atom stereocenters. The molecular formula is C18H25N4O2+. The number of hydrogen-bond acceptors (Lipinski definition) is 4. The van der Waals surface area contributed by atoms with Gasteiger partial charge in [-0.05, 0) is 19.4 Å². The summed E-state index contributed by atoms with van der Waals surface area (Å²) >= 11 is 0. The minimum Gasteiger partial charge on any atom is -0.339 e. The average Bonchev–Trinajstić information content (AvgIpc) is 3.04. The van der Waals surface area contributed by atoms with Gasteiger partial charge >= 0.3 is 0 Å². The van der Waals surface area contributed by atoms with Crippen LogP contribution in [0.25, 0.3) is 11.4 Å². The van der Waals surface area contributed by atoms with Crippen molar-refractivity contribution in [3.8, 4) is 11.4 Å². The van der Waals surface area contributed by atoms with E-state index in [0.717, 1.165) is 38.2 Å². The van der Waals surface area contributed by atoms with E-state index in [1.54, 1.807) is 0 Å². The maximum absolute atomic E-state index is 12.2. The lowest BCUT2D eigenvalue weighted by molar-refractivity contribution is -0.883. The van der Waals surface area contributed by atoms with Crippen molar-refractivity contribution < 1.29 is 14.2 Å². The van der Waals surface area contributed by atoms with E-state index < -0.39 is 0 Å². The van der Waals surface area contributed by atoms with Crippen LogP contribution in [0.3, 0.4) is 0 Å². The van der Waals surface area contributed by atoms with Crippen LogP contribution in [0.1, 0.15) is 24.3 Å². The van der Waals surface area contributed by atoms with Crippen molar-refractivity contribution in [3.63, 3.8) is 0 Å². The predicted octanol–water partition coefficient (Wildman–Crippen LogP) is 0.725. The van der Waals surface area contributed by atoms with Gasteiger partial charge in [0.2, 0.25) is 17.6 Å². The molecular weight excluding hydrogens is 304 g/mol. The van der Waals surface area contributed by atoms with Crippen molar-refractivity contribution in [2.24, 2.45) is 0 Å². The molecule has 1 aliphatic rings. The first-order valence-corrected chi connectivity index (χ1v) is 8.60. The number of carbonyl (C=O) groups is 1. The quantitative estimate of drug-likeness (QED) is 0.878. The number of aryl methyl sites for hydroxylation is 2. The van der Waals surface area contributed by atoms with Gasteiger partial charge in [0.05, 0.1) is 33.2 Å². The highest BCUT2D eigenvalue weighted by Crippen LogP contribution is 2.17. The normalized spacial score (nSPS) is 15.7. The lowest BCUT2D eigenvalue weighted by Gasteiger charge is -2.30. The minimum atomic E-state index is 0.237. The number of nitrogens with one attached hydrogen (secondary N) is 1. The van der Waals surface area contributed by atoms with E-state index in [0.29, 0.717) is 24.6 Å². The third-order valence-corrected chi connectivity index (χ3v) is 4.50. The molecule has 0 aliphatic carbocycles. The van der Waals surface area contributed by atoms with Crippen LogP contribution in [0.15, 0.2) is 28.8 Å². The Morgan fingerprint density at radius 1 is 1.33 bits per heavy atom. The lowest BCUT2D eigenvalue weighted by Crippen LogP contribution is -3.12. The number of piperazine rings is 1. The molecule has 1 saturated heterocycles. The summed E-state index contributed by atoms with van der Waals surface area (Å²) in [5, 5.41) is 4.04. The van der Waals surface area contributed by atoms with Crippen molar-refractivity contribution in [1.29, 1.82) is 0 Å². The first-order chi connectivity index (χ1) is 11.6. The average molecular weight is 329 g/mol. The third-order valence-electron chi connectivity index (χ3n) is 4.50. The molecule has 0 spiro atoms. The summed E-state index contributed by atoms with van der Waals surface area (Å²) in [7, 11) is 2.17. The zero-order valence-corrected chi connectivity index (χ0v) is 14.4. The Balaban J connectivity index is 1.48. The molecule has 1 aromatic carbocycles. The van der Waals surface area contributed by atoms with Gasteiger partial charge in [-0.1, -0.05) is 28.9 Å². The van der Waals surface area contributed by atoms with E-state index in [1.165, 1.54) is 10.5 Å². The molecule has 2 aromatic rings. The first-order valence-electron chi connectivity index (χ1n) is 8.60. The first kappa shape index (κ1) is 16.6. The highest BCUT2D eigenvalue weighted by Gasteiger charge is 2.21. The van der Waals surface area contributed by atoms with Gasteiger partial charge in [0, 0.05) is 18.4 Å². The van der Waals surface area contributed by atoms with E-state index in [4.69, 9.17) is 4.52 Å². The van der Waals surface area contributed by atoms with E-state index in [9.17, 15) is 4.79 Å². The summed E-state index contributed by atoms with van der Waals surface area (Å²) in [5.41, 5.74) is 2.12. The van der Waals surface area contributed by atoms with Crippen molar-refractivity contribution >= 4 is 5.91 Å². The van der Waals surface area contributed by atoms with Crippen LogP contribution in [0.4, 0.5) is 0 Å². The van der Waals surface area contributed by atoms with Crippen molar-refractivity contribution in [1.82, 2.24) is 15.0 Å². The second kappa shape index (κ2) is 7.57. The number of aromatic nitrogens is 2. The molecule has 0 radical (unpaired) electrons. The number of quaternary nitrogens is 1. The molecule has 0 saturated carbocycles. The van der Waals surface area contributed by atoms with Crippen molar-refractivity contribution in [3.05, 3.63) is 35.7 Å². The van der Waals surface area contributed by atoms with Gasteiger partial charge in [0.25, 0.3) is 0 Å². The maximum atomic E-state index is 12.2. The second-order valence-electron chi connectivity index (χ2n) is 6.57. The Bertz CT molecular complexity index is 690. The van der Waals surface area contributed by atoms with Gasteiger partial charge in [-0.3, -0.25) is 4.79 Å². The Morgan fingerprint density at radius 2 is 2.12 bits per heavy atom. The van der Waals surface area contributed by atoms with Crippen LogP contribution >= 0.6 is 0 Å². The van der Waals surface area contributed by atoms with Crippen LogP contribution in [-0.2, 0) is 11.2 Å². The van der Waals surface area contributed by atoms with Gasteiger partial charge < -0.3 is 14.3 Å². The molecule has 0 atom stereocenters. The van der Waals surface area contributed by atoms with Crippen LogP contribution in [0.5, 0.6) is 0 Å². The summed E-state index contributed by atoms with van der Waals surface area (Å²) in [6, 6.07) is 8.03. The molecule has 0 bridgehead atoms. The Hall–Kier alpha value is -2.21. The Morgan fingerprint density at radius 3 is 2.88 bits per heavy atom. The summed E-state index contributed by atoms with van der Waals surface area (Å²) in [6.07, 6.45) is 1.93. The summed E-state index contributed by atoms with van der Waals surface area (Å²) in [5.74, 6) is 1.45. The van der Waals surface area contributed by atoms with Crippen LogP contribution < -0.4 is 4.90 Å². The monoisotopic (exact) mass is 329 g/mol. The highest BCUT2D eigenvalue weighted by atomic mass is 16.5. The SMILES string of the molecule is Cc1cccc(-c2noc(CCCC(=O)N3CC[NH+](C)CC3)n2)c1. The smallest absolute Gasteiger partial charge is 0.226 e. The summed E-state index contributed by atoms with van der Waals surface area (Å²) < 4.78 is 5.31. The molecule has 1 N–H and O–H groups in total. The van der Waals surface area contributed by atoms with Crippen molar-refractivity contribution in [2.75, 3.05) is 33.2 Å². The number of amides is 1. The molecule has 3 rings (SSSR count). The molecule has 24 heavy (non-hydrogen) atoms. The molecule has 1 aliphatic heterocycles. The molecule has 128 valence electrons. The number of benzene rings is 1. The molecule has 6 nitrogen and oxygen atoms in total. The van der Waals surface area contributed by atoms with Gasteiger partial charge in [-0.15, -0.1) is 0 Å². The second-order valence-corrected chi connectivity index (χ2v) is 6.57. The van der Waals surface area contributed by atoms with Crippen LogP contribution in [0.2, 0.25) is 0 Å². The third kappa shape index (κ3) is 4.20. The number of likely N-dealkylation sites (N-methyl/N-ethyl adjacent to an activating group) is 1. The van der Waals surface area contributed by atoms with E-state index in [1.807, 2.05) is 36.1 Å². The Labute approximate surface area is 142 Å². The molecule has 1 fully saturated rings. The lowest BCUT2D eigenvalue weighted by atomic mass is 10.1. The molecule has 1 aromatic heterocycles. The molecule has 2 heterocycles. The van der Waals surface area contributed by atoms with E-state index in [2.05, 4.69) is 17.2 Å². The fourth-order valence-corrected chi connectivity index (χ4v) is 2.94.